The lowest BCUT2D eigenvalue weighted by atomic mass is 9.83. The number of hydrogen-bond donors (Lipinski definition) is 3. The lowest BCUT2D eigenvalue weighted by Crippen LogP contribution is -2.58. The van der Waals surface area contributed by atoms with Gasteiger partial charge in [0.2, 0.25) is 17.4 Å². The Balaban J connectivity index is 1.84. The van der Waals surface area contributed by atoms with Crippen LogP contribution < -0.4 is 11.1 Å². The number of aliphatic hydroxyl groups is 1. The van der Waals surface area contributed by atoms with Gasteiger partial charge in [0, 0.05) is 24.9 Å². The van der Waals surface area contributed by atoms with Crippen LogP contribution in [-0.2, 0) is 23.9 Å². The van der Waals surface area contributed by atoms with E-state index in [1.165, 1.54) is 0 Å². The molecular weight excluding hydrogens is 492 g/mol. The molecule has 35 heavy (non-hydrogen) atoms. The SMILES string of the molecule is C[C@@](O)(C(=O)N1CC2(CC1C(N)=O)CC2[C@H](C[C@H]1CCNC1=O)C(=O)COC(F)(F)F)C(F)(F)F. The number of ether oxygens (including phenoxy) is 1. The van der Waals surface area contributed by atoms with Gasteiger partial charge in [-0.05, 0) is 43.9 Å². The average molecular weight is 517 g/mol. The molecule has 0 aromatic rings. The molecule has 2 heterocycles. The smallest absolute Gasteiger partial charge is 0.373 e. The average Bonchev–Trinajstić information content (AvgIpc) is 3.02. The van der Waals surface area contributed by atoms with Crippen LogP contribution in [0.4, 0.5) is 26.3 Å². The van der Waals surface area contributed by atoms with Crippen molar-refractivity contribution in [2.24, 2.45) is 28.9 Å². The third kappa shape index (κ3) is 5.39. The molecule has 3 fully saturated rings. The fourth-order valence-corrected chi connectivity index (χ4v) is 5.20. The Morgan fingerprint density at radius 2 is 1.86 bits per heavy atom. The number of nitrogens with zero attached hydrogens (tertiary/aromatic N) is 1. The van der Waals surface area contributed by atoms with Gasteiger partial charge in [0.25, 0.3) is 5.91 Å². The number of carbonyl (C=O) groups is 4. The molecule has 2 saturated heterocycles. The number of nitrogens with one attached hydrogen (secondary N) is 1. The molecule has 0 aromatic carbocycles. The maximum atomic E-state index is 13.2. The number of alkyl halides is 6. The molecular formula is C20H25F6N3O6. The lowest BCUT2D eigenvalue weighted by Gasteiger charge is -2.32. The first-order chi connectivity index (χ1) is 15.9. The van der Waals surface area contributed by atoms with Crippen molar-refractivity contribution >= 4 is 23.5 Å². The van der Waals surface area contributed by atoms with E-state index in [4.69, 9.17) is 5.73 Å². The summed E-state index contributed by atoms with van der Waals surface area (Å²) >= 11 is 0. The topological polar surface area (TPSA) is 139 Å². The van der Waals surface area contributed by atoms with Gasteiger partial charge in [0.05, 0.1) is 0 Å². The van der Waals surface area contributed by atoms with Crippen molar-refractivity contribution in [2.45, 2.75) is 56.8 Å². The molecule has 1 spiro atoms. The normalized spacial score (nSPS) is 31.3. The van der Waals surface area contributed by atoms with Crippen molar-refractivity contribution < 1.29 is 55.4 Å². The quantitative estimate of drug-likeness (QED) is 0.404. The van der Waals surface area contributed by atoms with E-state index < -0.39 is 78.1 Å². The molecule has 0 aromatic heterocycles. The van der Waals surface area contributed by atoms with Crippen molar-refractivity contribution in [3.63, 3.8) is 0 Å². The Bertz CT molecular complexity index is 907. The molecule has 1 saturated carbocycles. The summed E-state index contributed by atoms with van der Waals surface area (Å²) in [4.78, 5) is 49.8. The number of primary amides is 1. The standard InChI is InChI=1S/C20H25F6N3O6/c1-17(34,19(21,22)23)16(33)29-8-18(6-12(29)14(27)31)5-11(18)10(4-9-2-3-28-15(9)32)13(30)7-35-20(24,25)26/h9-12,34H,2-8H2,1H3,(H2,27,31)(H,28,32)/t9-,10+,11?,12?,17-,18?/m1/s1. The zero-order valence-electron chi connectivity index (χ0n) is 18.5. The van der Waals surface area contributed by atoms with Crippen LogP contribution in [-0.4, -0.2) is 77.4 Å². The third-order valence-electron chi connectivity index (χ3n) is 7.25. The third-order valence-corrected chi connectivity index (χ3v) is 7.25. The first kappa shape index (κ1) is 27.2. The molecule has 3 rings (SSSR count). The number of Topliss-reactive ketones (excluding diaryl/α,β-unsaturated/α-hetero) is 1. The summed E-state index contributed by atoms with van der Waals surface area (Å²) in [7, 11) is 0. The van der Waals surface area contributed by atoms with Crippen LogP contribution in [0.25, 0.3) is 0 Å². The van der Waals surface area contributed by atoms with E-state index in [1.54, 1.807) is 0 Å². The second kappa shape index (κ2) is 8.91. The Kier molecular flexibility index (Phi) is 6.92. The van der Waals surface area contributed by atoms with Crippen LogP contribution in [0.5, 0.6) is 0 Å². The Morgan fingerprint density at radius 3 is 2.34 bits per heavy atom. The van der Waals surface area contributed by atoms with Crippen LogP contribution in [0.2, 0.25) is 0 Å². The maximum Gasteiger partial charge on any atom is 0.522 e. The molecule has 0 bridgehead atoms. The maximum absolute atomic E-state index is 13.2. The number of nitrogens with two attached hydrogens (primary N) is 1. The van der Waals surface area contributed by atoms with Gasteiger partial charge in [-0.2, -0.15) is 13.2 Å². The lowest BCUT2D eigenvalue weighted by molar-refractivity contribution is -0.321. The predicted molar refractivity (Wildman–Crippen MR) is 103 cm³/mol. The van der Waals surface area contributed by atoms with Crippen molar-refractivity contribution in [1.82, 2.24) is 10.2 Å². The molecule has 3 amide bonds. The number of carbonyl (C=O) groups excluding carboxylic acids is 4. The van der Waals surface area contributed by atoms with E-state index in [2.05, 4.69) is 10.1 Å². The minimum absolute atomic E-state index is 0.103. The monoisotopic (exact) mass is 517 g/mol. The Morgan fingerprint density at radius 1 is 1.23 bits per heavy atom. The molecule has 6 atom stereocenters. The van der Waals surface area contributed by atoms with E-state index in [9.17, 15) is 50.6 Å². The number of rotatable bonds is 8. The number of likely N-dealkylation sites (tertiary alicyclic amines) is 1. The molecule has 4 N–H and O–H groups in total. The van der Waals surface area contributed by atoms with Crippen molar-refractivity contribution in [3.8, 4) is 0 Å². The van der Waals surface area contributed by atoms with E-state index in [0.29, 0.717) is 17.9 Å². The number of amides is 3. The molecule has 0 radical (unpaired) electrons. The van der Waals surface area contributed by atoms with E-state index in [1.807, 2.05) is 0 Å². The van der Waals surface area contributed by atoms with Gasteiger partial charge >= 0.3 is 12.5 Å². The zero-order valence-corrected chi connectivity index (χ0v) is 18.5. The first-order valence-electron chi connectivity index (χ1n) is 10.8. The second-order valence-electron chi connectivity index (χ2n) is 9.62. The van der Waals surface area contributed by atoms with Crippen LogP contribution in [0, 0.1) is 23.2 Å². The van der Waals surface area contributed by atoms with E-state index in [-0.39, 0.29) is 32.1 Å². The van der Waals surface area contributed by atoms with Gasteiger partial charge in [0.1, 0.15) is 12.6 Å². The summed E-state index contributed by atoms with van der Waals surface area (Å²) < 4.78 is 80.8. The highest BCUT2D eigenvalue weighted by molar-refractivity contribution is 5.92. The number of ketones is 1. The highest BCUT2D eigenvalue weighted by Crippen LogP contribution is 2.64. The summed E-state index contributed by atoms with van der Waals surface area (Å²) in [5.41, 5.74) is 0.404. The zero-order chi connectivity index (χ0) is 26.6. The predicted octanol–water partition coefficient (Wildman–Crippen LogP) is 0.640. The molecule has 198 valence electrons. The number of hydrogen-bond acceptors (Lipinski definition) is 6. The van der Waals surface area contributed by atoms with Gasteiger partial charge in [-0.1, -0.05) is 0 Å². The molecule has 15 heteroatoms. The summed E-state index contributed by atoms with van der Waals surface area (Å²) in [6, 6.07) is -1.52. The van der Waals surface area contributed by atoms with Gasteiger partial charge in [-0.25, -0.2) is 0 Å². The molecule has 3 unspecified atom stereocenters. The van der Waals surface area contributed by atoms with Crippen LogP contribution >= 0.6 is 0 Å². The fraction of sp³-hybridized carbons (Fsp3) is 0.800. The van der Waals surface area contributed by atoms with Crippen molar-refractivity contribution in [3.05, 3.63) is 0 Å². The van der Waals surface area contributed by atoms with Crippen molar-refractivity contribution in [2.75, 3.05) is 19.7 Å². The van der Waals surface area contributed by atoms with Gasteiger partial charge in [0.15, 0.2) is 5.78 Å². The van der Waals surface area contributed by atoms with Crippen LogP contribution in [0.15, 0.2) is 0 Å². The van der Waals surface area contributed by atoms with Gasteiger partial charge in [-0.15, -0.1) is 13.2 Å². The first-order valence-corrected chi connectivity index (χ1v) is 10.8. The fourth-order valence-electron chi connectivity index (χ4n) is 5.20. The largest absolute Gasteiger partial charge is 0.522 e. The summed E-state index contributed by atoms with van der Waals surface area (Å²) in [6.07, 6.45) is -10.3. The number of halogens is 6. The van der Waals surface area contributed by atoms with E-state index >= 15 is 0 Å². The van der Waals surface area contributed by atoms with Gasteiger partial charge < -0.3 is 21.1 Å². The van der Waals surface area contributed by atoms with Crippen LogP contribution in [0.1, 0.15) is 32.6 Å². The Hall–Kier alpha value is -2.42. The van der Waals surface area contributed by atoms with Crippen molar-refractivity contribution in [1.29, 1.82) is 0 Å². The second-order valence-corrected chi connectivity index (χ2v) is 9.62. The highest BCUT2D eigenvalue weighted by Gasteiger charge is 2.67. The molecule has 1 aliphatic carbocycles. The Labute approximate surface area is 195 Å². The minimum atomic E-state index is -5.35. The molecule has 2 aliphatic heterocycles. The highest BCUT2D eigenvalue weighted by atomic mass is 19.4. The minimum Gasteiger partial charge on any atom is -0.373 e. The summed E-state index contributed by atoms with van der Waals surface area (Å²) in [5.74, 6) is -6.77. The molecule has 9 nitrogen and oxygen atoms in total. The van der Waals surface area contributed by atoms with Crippen LogP contribution in [0.3, 0.4) is 0 Å². The van der Waals surface area contributed by atoms with E-state index in [0.717, 1.165) is 0 Å². The molecule has 3 aliphatic rings. The summed E-state index contributed by atoms with van der Waals surface area (Å²) in [5, 5.41) is 12.4. The summed E-state index contributed by atoms with van der Waals surface area (Å²) in [6.45, 7) is -1.23. The van der Waals surface area contributed by atoms with Gasteiger partial charge in [-0.3, -0.25) is 23.9 Å².